The maximum absolute atomic E-state index is 13.2. The zero-order chi connectivity index (χ0) is 19.8. The molecule has 1 heterocycles. The molecule has 0 aliphatic carbocycles. The highest BCUT2D eigenvalue weighted by molar-refractivity contribution is 5.95. The van der Waals surface area contributed by atoms with E-state index >= 15 is 0 Å². The Labute approximate surface area is 165 Å². The molecule has 0 atom stereocenters. The Hall–Kier alpha value is -2.89. The van der Waals surface area contributed by atoms with Crippen LogP contribution in [-0.4, -0.2) is 32.0 Å². The van der Waals surface area contributed by atoms with Crippen molar-refractivity contribution in [3.8, 4) is 0 Å². The van der Waals surface area contributed by atoms with Gasteiger partial charge in [-0.1, -0.05) is 24.3 Å². The third kappa shape index (κ3) is 5.55. The standard InChI is InChI=1S/C22H27FN4O/c1-24-22(25-13-3-6-17-5-2-7-19(23)15-17)26-16-18-9-11-20(12-10-18)27-14-4-8-21(27)28/h2,5,7,9-12,15H,3-4,6,8,13-14,16H2,1H3,(H2,24,25,26). The van der Waals surface area contributed by atoms with Crippen molar-refractivity contribution < 1.29 is 9.18 Å². The molecule has 6 heteroatoms. The first kappa shape index (κ1) is 19.9. The van der Waals surface area contributed by atoms with Crippen LogP contribution in [0, 0.1) is 5.82 Å². The number of nitrogens with zero attached hydrogens (tertiary/aromatic N) is 2. The molecule has 0 saturated carbocycles. The van der Waals surface area contributed by atoms with E-state index < -0.39 is 0 Å². The van der Waals surface area contributed by atoms with Gasteiger partial charge in [0.1, 0.15) is 5.82 Å². The molecule has 3 rings (SSSR count). The van der Waals surface area contributed by atoms with Crippen LogP contribution >= 0.6 is 0 Å². The van der Waals surface area contributed by atoms with Crippen molar-refractivity contribution in [2.75, 3.05) is 25.0 Å². The van der Waals surface area contributed by atoms with Crippen molar-refractivity contribution in [1.29, 1.82) is 0 Å². The summed E-state index contributed by atoms with van der Waals surface area (Å²) in [7, 11) is 1.74. The van der Waals surface area contributed by atoms with Gasteiger partial charge in [-0.15, -0.1) is 0 Å². The fourth-order valence-electron chi connectivity index (χ4n) is 3.31. The van der Waals surface area contributed by atoms with E-state index in [1.165, 1.54) is 6.07 Å². The number of halogens is 1. The Balaban J connectivity index is 1.40. The van der Waals surface area contributed by atoms with Crippen molar-refractivity contribution >= 4 is 17.6 Å². The molecule has 2 aromatic rings. The Morgan fingerprint density at radius 1 is 1.14 bits per heavy atom. The predicted octanol–water partition coefficient (Wildman–Crippen LogP) is 3.25. The minimum absolute atomic E-state index is 0.192. The normalized spacial score (nSPS) is 14.4. The lowest BCUT2D eigenvalue weighted by atomic mass is 10.1. The summed E-state index contributed by atoms with van der Waals surface area (Å²) in [6.45, 7) is 2.21. The van der Waals surface area contributed by atoms with Crippen LogP contribution < -0.4 is 15.5 Å². The number of rotatable bonds is 7. The van der Waals surface area contributed by atoms with Crippen molar-refractivity contribution in [3.05, 3.63) is 65.5 Å². The topological polar surface area (TPSA) is 56.7 Å². The predicted molar refractivity (Wildman–Crippen MR) is 111 cm³/mol. The number of hydrogen-bond donors (Lipinski definition) is 2. The summed E-state index contributed by atoms with van der Waals surface area (Å²) in [5, 5.41) is 6.57. The van der Waals surface area contributed by atoms with Gasteiger partial charge in [0.05, 0.1) is 0 Å². The lowest BCUT2D eigenvalue weighted by Crippen LogP contribution is -2.37. The monoisotopic (exact) mass is 382 g/mol. The van der Waals surface area contributed by atoms with Crippen LogP contribution in [0.1, 0.15) is 30.4 Å². The SMILES string of the molecule is CN=C(NCCCc1cccc(F)c1)NCc1ccc(N2CCCC2=O)cc1. The van der Waals surface area contributed by atoms with E-state index in [9.17, 15) is 9.18 Å². The quantitative estimate of drug-likeness (QED) is 0.439. The fraction of sp³-hybridized carbons (Fsp3) is 0.364. The number of carbonyl (C=O) groups is 1. The number of guanidine groups is 1. The van der Waals surface area contributed by atoms with E-state index in [0.29, 0.717) is 13.0 Å². The van der Waals surface area contributed by atoms with Crippen LogP contribution in [0.25, 0.3) is 0 Å². The number of benzene rings is 2. The first-order valence-electron chi connectivity index (χ1n) is 9.74. The summed E-state index contributed by atoms with van der Waals surface area (Å²) in [6, 6.07) is 14.8. The average Bonchev–Trinajstić information content (AvgIpc) is 3.14. The zero-order valence-corrected chi connectivity index (χ0v) is 16.2. The number of anilines is 1. The van der Waals surface area contributed by atoms with E-state index in [-0.39, 0.29) is 11.7 Å². The lowest BCUT2D eigenvalue weighted by molar-refractivity contribution is -0.117. The van der Waals surface area contributed by atoms with E-state index in [0.717, 1.165) is 55.1 Å². The smallest absolute Gasteiger partial charge is 0.227 e. The highest BCUT2D eigenvalue weighted by atomic mass is 19.1. The van der Waals surface area contributed by atoms with Gasteiger partial charge in [-0.05, 0) is 54.7 Å². The summed E-state index contributed by atoms with van der Waals surface area (Å²) in [4.78, 5) is 17.9. The molecule has 1 fully saturated rings. The molecule has 1 saturated heterocycles. The van der Waals surface area contributed by atoms with E-state index in [2.05, 4.69) is 15.6 Å². The van der Waals surface area contributed by atoms with Crippen molar-refractivity contribution in [2.24, 2.45) is 4.99 Å². The lowest BCUT2D eigenvalue weighted by Gasteiger charge is -2.16. The number of aryl methyl sites for hydroxylation is 1. The number of hydrogen-bond acceptors (Lipinski definition) is 2. The van der Waals surface area contributed by atoms with Crippen LogP contribution in [0.3, 0.4) is 0 Å². The molecule has 2 aromatic carbocycles. The van der Waals surface area contributed by atoms with Crippen LogP contribution in [-0.2, 0) is 17.8 Å². The highest BCUT2D eigenvalue weighted by Crippen LogP contribution is 2.21. The van der Waals surface area contributed by atoms with Gasteiger partial charge in [0, 0.05) is 38.8 Å². The van der Waals surface area contributed by atoms with Gasteiger partial charge in [0.25, 0.3) is 0 Å². The molecule has 0 spiro atoms. The molecule has 0 bridgehead atoms. The third-order valence-electron chi connectivity index (χ3n) is 4.83. The third-order valence-corrected chi connectivity index (χ3v) is 4.83. The van der Waals surface area contributed by atoms with Gasteiger partial charge in [0.15, 0.2) is 5.96 Å². The molecule has 0 unspecified atom stereocenters. The minimum Gasteiger partial charge on any atom is -0.356 e. The second kappa shape index (κ2) is 9.88. The average molecular weight is 382 g/mol. The maximum atomic E-state index is 13.2. The first-order chi connectivity index (χ1) is 13.7. The number of amides is 1. The second-order valence-electron chi connectivity index (χ2n) is 6.90. The molecule has 28 heavy (non-hydrogen) atoms. The molecule has 0 radical (unpaired) electrons. The van der Waals surface area contributed by atoms with Gasteiger partial charge in [-0.3, -0.25) is 9.79 Å². The van der Waals surface area contributed by atoms with Crippen molar-refractivity contribution in [1.82, 2.24) is 10.6 Å². The number of carbonyl (C=O) groups excluding carboxylic acids is 1. The molecule has 148 valence electrons. The van der Waals surface area contributed by atoms with Crippen LogP contribution in [0.4, 0.5) is 10.1 Å². The van der Waals surface area contributed by atoms with E-state index in [1.807, 2.05) is 35.2 Å². The Morgan fingerprint density at radius 3 is 2.64 bits per heavy atom. The molecule has 1 aliphatic rings. The first-order valence-corrected chi connectivity index (χ1v) is 9.74. The van der Waals surface area contributed by atoms with Crippen molar-refractivity contribution in [2.45, 2.75) is 32.2 Å². The summed E-state index contributed by atoms with van der Waals surface area (Å²) >= 11 is 0. The van der Waals surface area contributed by atoms with Crippen molar-refractivity contribution in [3.63, 3.8) is 0 Å². The Kier molecular flexibility index (Phi) is 7.00. The summed E-state index contributed by atoms with van der Waals surface area (Å²) in [6.07, 6.45) is 3.29. The summed E-state index contributed by atoms with van der Waals surface area (Å²) < 4.78 is 13.2. The highest BCUT2D eigenvalue weighted by Gasteiger charge is 2.21. The van der Waals surface area contributed by atoms with Gasteiger partial charge in [-0.2, -0.15) is 0 Å². The largest absolute Gasteiger partial charge is 0.356 e. The summed E-state index contributed by atoms with van der Waals surface area (Å²) in [5.41, 5.74) is 3.09. The fourth-order valence-corrected chi connectivity index (χ4v) is 3.31. The second-order valence-corrected chi connectivity index (χ2v) is 6.90. The molecular formula is C22H27FN4O. The number of nitrogens with one attached hydrogen (secondary N) is 2. The van der Waals surface area contributed by atoms with Crippen LogP contribution in [0.5, 0.6) is 0 Å². The molecule has 2 N–H and O–H groups in total. The minimum atomic E-state index is -0.192. The van der Waals surface area contributed by atoms with Gasteiger partial charge in [-0.25, -0.2) is 4.39 Å². The molecule has 1 aliphatic heterocycles. The molecule has 1 amide bonds. The summed E-state index contributed by atoms with van der Waals surface area (Å²) in [5.74, 6) is 0.745. The van der Waals surface area contributed by atoms with Gasteiger partial charge < -0.3 is 15.5 Å². The maximum Gasteiger partial charge on any atom is 0.227 e. The van der Waals surface area contributed by atoms with Crippen LogP contribution in [0.15, 0.2) is 53.5 Å². The van der Waals surface area contributed by atoms with E-state index in [4.69, 9.17) is 0 Å². The van der Waals surface area contributed by atoms with Gasteiger partial charge in [0.2, 0.25) is 5.91 Å². The Morgan fingerprint density at radius 2 is 1.96 bits per heavy atom. The van der Waals surface area contributed by atoms with Gasteiger partial charge >= 0.3 is 0 Å². The molecular weight excluding hydrogens is 355 g/mol. The zero-order valence-electron chi connectivity index (χ0n) is 16.2. The van der Waals surface area contributed by atoms with E-state index in [1.54, 1.807) is 19.2 Å². The molecule has 0 aromatic heterocycles. The Bertz CT molecular complexity index is 820. The van der Waals surface area contributed by atoms with Crippen LogP contribution in [0.2, 0.25) is 0 Å². The molecule has 5 nitrogen and oxygen atoms in total. The number of aliphatic imine (C=N–C) groups is 1.